The smallest absolute Gasteiger partial charge is 0.273 e. The largest absolute Gasteiger partial charge is 0.375 e. The molecular formula is C14H25N5O2. The zero-order valence-corrected chi connectivity index (χ0v) is 12.8. The van der Waals surface area contributed by atoms with Gasteiger partial charge >= 0.3 is 0 Å². The van der Waals surface area contributed by atoms with Crippen molar-refractivity contribution in [1.82, 2.24) is 20.3 Å². The minimum Gasteiger partial charge on any atom is -0.375 e. The Kier molecular flexibility index (Phi) is 5.30. The highest BCUT2D eigenvalue weighted by Gasteiger charge is 2.35. The van der Waals surface area contributed by atoms with Crippen LogP contribution in [0, 0.1) is 0 Å². The van der Waals surface area contributed by atoms with E-state index < -0.39 is 0 Å². The second-order valence-corrected chi connectivity index (χ2v) is 5.56. The number of nitrogens with two attached hydrogens (primary N) is 1. The molecule has 118 valence electrons. The molecule has 1 aliphatic heterocycles. The van der Waals surface area contributed by atoms with Gasteiger partial charge in [0.05, 0.1) is 18.3 Å². The fourth-order valence-electron chi connectivity index (χ4n) is 2.80. The quantitative estimate of drug-likeness (QED) is 0.805. The van der Waals surface area contributed by atoms with Crippen LogP contribution in [0.1, 0.15) is 50.0 Å². The Morgan fingerprint density at radius 1 is 1.57 bits per heavy atom. The number of nitrogens with zero attached hydrogens (tertiary/aromatic N) is 3. The Hall–Kier alpha value is -1.47. The average molecular weight is 295 g/mol. The lowest BCUT2D eigenvalue weighted by Gasteiger charge is -2.40. The fraction of sp³-hybridized carbons (Fsp3) is 0.786. The average Bonchev–Trinajstić information content (AvgIpc) is 2.96. The fourth-order valence-corrected chi connectivity index (χ4v) is 2.80. The van der Waals surface area contributed by atoms with Gasteiger partial charge in [0, 0.05) is 19.2 Å². The van der Waals surface area contributed by atoms with Crippen LogP contribution in [0.5, 0.6) is 0 Å². The molecule has 2 rings (SSSR count). The monoisotopic (exact) mass is 295 g/mol. The number of carbonyl (C=O) groups excluding carboxylic acids is 1. The molecule has 1 saturated heterocycles. The van der Waals surface area contributed by atoms with E-state index in [1.165, 1.54) is 0 Å². The molecule has 3 N–H and O–H groups in total. The molecular weight excluding hydrogens is 270 g/mol. The van der Waals surface area contributed by atoms with Gasteiger partial charge in [0.1, 0.15) is 0 Å². The molecule has 7 nitrogen and oxygen atoms in total. The summed E-state index contributed by atoms with van der Waals surface area (Å²) in [7, 11) is 0. The van der Waals surface area contributed by atoms with Crippen LogP contribution in [0.2, 0.25) is 0 Å². The van der Waals surface area contributed by atoms with Crippen molar-refractivity contribution in [3.05, 3.63) is 11.9 Å². The van der Waals surface area contributed by atoms with Gasteiger partial charge in [-0.15, -0.1) is 5.10 Å². The summed E-state index contributed by atoms with van der Waals surface area (Å²) in [5, 5.41) is 10.8. The van der Waals surface area contributed by atoms with Crippen molar-refractivity contribution in [3.8, 4) is 0 Å². The van der Waals surface area contributed by atoms with Gasteiger partial charge in [0.2, 0.25) is 0 Å². The summed E-state index contributed by atoms with van der Waals surface area (Å²) in [6.45, 7) is 5.98. The number of aromatic nitrogens is 3. The first kappa shape index (κ1) is 15.9. The molecule has 1 unspecified atom stereocenters. The summed E-state index contributed by atoms with van der Waals surface area (Å²) in [5.41, 5.74) is 5.69. The Morgan fingerprint density at radius 3 is 3.00 bits per heavy atom. The molecule has 0 bridgehead atoms. The number of hydrogen-bond acceptors (Lipinski definition) is 5. The number of hydrogen-bond donors (Lipinski definition) is 2. The highest BCUT2D eigenvalue weighted by atomic mass is 16.5. The number of rotatable bonds is 6. The van der Waals surface area contributed by atoms with Crippen LogP contribution < -0.4 is 11.1 Å². The Balaban J connectivity index is 1.95. The number of nitrogens with one attached hydrogen (secondary N) is 1. The lowest BCUT2D eigenvalue weighted by atomic mass is 9.86. The van der Waals surface area contributed by atoms with Gasteiger partial charge < -0.3 is 15.8 Å². The molecule has 0 aromatic carbocycles. The molecule has 7 heteroatoms. The highest BCUT2D eigenvalue weighted by molar-refractivity contribution is 5.92. The predicted octanol–water partition coefficient (Wildman–Crippen LogP) is 0.704. The maximum absolute atomic E-state index is 12.2. The van der Waals surface area contributed by atoms with Crippen LogP contribution in [-0.2, 0) is 11.3 Å². The summed E-state index contributed by atoms with van der Waals surface area (Å²) < 4.78 is 7.50. The molecule has 1 aliphatic rings. The van der Waals surface area contributed by atoms with Crippen molar-refractivity contribution < 1.29 is 9.53 Å². The normalized spacial score (nSPS) is 21.2. The van der Waals surface area contributed by atoms with Crippen molar-refractivity contribution in [2.24, 2.45) is 5.73 Å². The van der Waals surface area contributed by atoms with E-state index in [-0.39, 0.29) is 17.6 Å². The van der Waals surface area contributed by atoms with Gasteiger partial charge in [-0.1, -0.05) is 19.1 Å². The summed E-state index contributed by atoms with van der Waals surface area (Å²) in [5.74, 6) is -0.175. The number of amides is 1. The molecule has 0 radical (unpaired) electrons. The zero-order chi connectivity index (χ0) is 15.3. The summed E-state index contributed by atoms with van der Waals surface area (Å²) >= 11 is 0. The summed E-state index contributed by atoms with van der Waals surface area (Å²) in [6.07, 6.45) is 5.24. The van der Waals surface area contributed by atoms with E-state index in [1.807, 2.05) is 0 Å². The molecule has 0 aliphatic carbocycles. The van der Waals surface area contributed by atoms with Crippen LogP contribution in [0.3, 0.4) is 0 Å². The summed E-state index contributed by atoms with van der Waals surface area (Å²) in [4.78, 5) is 12.2. The first-order valence-corrected chi connectivity index (χ1v) is 7.67. The SMILES string of the molecule is CCC1(CC)CC(NC(=O)c2cn(CCN)nn2)CCO1. The molecule has 1 fully saturated rings. The van der Waals surface area contributed by atoms with E-state index in [2.05, 4.69) is 29.5 Å². The van der Waals surface area contributed by atoms with Crippen molar-refractivity contribution >= 4 is 5.91 Å². The van der Waals surface area contributed by atoms with Crippen molar-refractivity contribution in [2.45, 2.75) is 57.7 Å². The number of carbonyl (C=O) groups is 1. The van der Waals surface area contributed by atoms with Crippen LogP contribution >= 0.6 is 0 Å². The van der Waals surface area contributed by atoms with Crippen LogP contribution in [0.25, 0.3) is 0 Å². The molecule has 1 aromatic heterocycles. The molecule has 0 saturated carbocycles. The van der Waals surface area contributed by atoms with E-state index in [9.17, 15) is 4.79 Å². The van der Waals surface area contributed by atoms with Crippen LogP contribution in [0.15, 0.2) is 6.20 Å². The number of ether oxygens (including phenoxy) is 1. The van der Waals surface area contributed by atoms with Gasteiger partial charge in [0.25, 0.3) is 5.91 Å². The maximum atomic E-state index is 12.2. The zero-order valence-electron chi connectivity index (χ0n) is 12.8. The highest BCUT2D eigenvalue weighted by Crippen LogP contribution is 2.31. The Bertz CT molecular complexity index is 470. The van der Waals surface area contributed by atoms with Gasteiger partial charge in [-0.2, -0.15) is 0 Å². The predicted molar refractivity (Wildman–Crippen MR) is 78.8 cm³/mol. The second kappa shape index (κ2) is 7.00. The Labute approximate surface area is 125 Å². The van der Waals surface area contributed by atoms with E-state index >= 15 is 0 Å². The molecule has 21 heavy (non-hydrogen) atoms. The minimum absolute atomic E-state index is 0.104. The van der Waals surface area contributed by atoms with E-state index in [4.69, 9.17) is 10.5 Å². The molecule has 1 atom stereocenters. The van der Waals surface area contributed by atoms with Gasteiger partial charge in [-0.25, -0.2) is 0 Å². The van der Waals surface area contributed by atoms with Gasteiger partial charge in [-0.3, -0.25) is 9.48 Å². The molecule has 1 amide bonds. The van der Waals surface area contributed by atoms with Crippen molar-refractivity contribution in [3.63, 3.8) is 0 Å². The third-order valence-electron chi connectivity index (χ3n) is 4.25. The third-order valence-corrected chi connectivity index (χ3v) is 4.25. The van der Waals surface area contributed by atoms with Gasteiger partial charge in [0.15, 0.2) is 5.69 Å². The first-order valence-electron chi connectivity index (χ1n) is 7.67. The minimum atomic E-state index is -0.175. The third kappa shape index (κ3) is 3.79. The maximum Gasteiger partial charge on any atom is 0.273 e. The first-order chi connectivity index (χ1) is 10.1. The topological polar surface area (TPSA) is 95.1 Å². The lowest BCUT2D eigenvalue weighted by Crippen LogP contribution is -2.48. The van der Waals surface area contributed by atoms with E-state index in [1.54, 1.807) is 10.9 Å². The molecule has 2 heterocycles. The molecule has 0 spiro atoms. The summed E-state index contributed by atoms with van der Waals surface area (Å²) in [6, 6.07) is 0.130. The van der Waals surface area contributed by atoms with Crippen LogP contribution in [0.4, 0.5) is 0 Å². The van der Waals surface area contributed by atoms with Crippen LogP contribution in [-0.4, -0.2) is 45.7 Å². The van der Waals surface area contributed by atoms with Crippen molar-refractivity contribution in [1.29, 1.82) is 0 Å². The lowest BCUT2D eigenvalue weighted by molar-refractivity contribution is -0.0917. The van der Waals surface area contributed by atoms with Crippen molar-refractivity contribution in [2.75, 3.05) is 13.2 Å². The van der Waals surface area contributed by atoms with E-state index in [0.29, 0.717) is 25.4 Å². The standard InChI is InChI=1S/C14H25N5O2/c1-3-14(4-2)9-11(5-8-21-14)16-13(20)12-10-19(7-6-15)18-17-12/h10-11H,3-9,15H2,1-2H3,(H,16,20). The Morgan fingerprint density at radius 2 is 2.33 bits per heavy atom. The van der Waals surface area contributed by atoms with Gasteiger partial charge in [-0.05, 0) is 25.7 Å². The van der Waals surface area contributed by atoms with E-state index in [0.717, 1.165) is 25.7 Å². The second-order valence-electron chi connectivity index (χ2n) is 5.56. The molecule has 1 aromatic rings.